The fourth-order valence-corrected chi connectivity index (χ4v) is 3.71. The van der Waals surface area contributed by atoms with Crippen molar-refractivity contribution in [2.75, 3.05) is 0 Å². The Kier molecular flexibility index (Phi) is 5.87. The fraction of sp³-hybridized carbons (Fsp3) is 0.400. The lowest BCUT2D eigenvalue weighted by Crippen LogP contribution is -2.48. The largest absolute Gasteiger partial charge is 0.352 e. The molecule has 0 saturated heterocycles. The number of amides is 2. The van der Waals surface area contributed by atoms with Crippen LogP contribution in [-0.4, -0.2) is 23.9 Å². The third-order valence-corrected chi connectivity index (χ3v) is 5.35. The number of carbonyl (C=O) groups excluding carboxylic acids is 2. The molecule has 0 bridgehead atoms. The maximum atomic E-state index is 12.6. The number of carbonyl (C=O) groups is 2. The first kappa shape index (κ1) is 17.7. The van der Waals surface area contributed by atoms with Gasteiger partial charge in [0, 0.05) is 17.3 Å². The number of nitrogens with one attached hydrogen (secondary N) is 2. The molecule has 5 heteroatoms. The lowest BCUT2D eigenvalue weighted by molar-refractivity contribution is -0.123. The summed E-state index contributed by atoms with van der Waals surface area (Å²) in [6.45, 7) is 2.12. The third kappa shape index (κ3) is 5.16. The van der Waals surface area contributed by atoms with E-state index in [0.717, 1.165) is 31.2 Å². The van der Waals surface area contributed by atoms with E-state index in [-0.39, 0.29) is 17.9 Å². The van der Waals surface area contributed by atoms with Crippen molar-refractivity contribution in [1.29, 1.82) is 0 Å². The van der Waals surface area contributed by atoms with E-state index in [1.54, 1.807) is 0 Å². The third-order valence-electron chi connectivity index (χ3n) is 4.21. The molecule has 1 aromatic heterocycles. The average molecular weight is 356 g/mol. The molecule has 132 valence electrons. The molecule has 2 N–H and O–H groups in total. The summed E-state index contributed by atoms with van der Waals surface area (Å²) in [6.07, 6.45) is 4.60. The fourth-order valence-electron chi connectivity index (χ4n) is 2.70. The molecule has 1 aliphatic carbocycles. The molecule has 1 aromatic carbocycles. The molecule has 25 heavy (non-hydrogen) atoms. The monoisotopic (exact) mass is 356 g/mol. The van der Waals surface area contributed by atoms with E-state index >= 15 is 0 Å². The van der Waals surface area contributed by atoms with Crippen LogP contribution < -0.4 is 10.6 Å². The van der Waals surface area contributed by atoms with Gasteiger partial charge in [0.05, 0.1) is 4.88 Å². The van der Waals surface area contributed by atoms with Gasteiger partial charge in [0.15, 0.2) is 0 Å². The number of benzene rings is 1. The van der Waals surface area contributed by atoms with Crippen LogP contribution in [0.25, 0.3) is 0 Å². The Morgan fingerprint density at radius 1 is 1.16 bits per heavy atom. The van der Waals surface area contributed by atoms with Gasteiger partial charge in [-0.2, -0.15) is 0 Å². The second-order valence-electron chi connectivity index (χ2n) is 6.51. The Hall–Kier alpha value is -2.14. The molecular formula is C20H24N2O2S. The van der Waals surface area contributed by atoms with Crippen molar-refractivity contribution in [1.82, 2.24) is 10.6 Å². The predicted octanol–water partition coefficient (Wildman–Crippen LogP) is 3.32. The topological polar surface area (TPSA) is 58.2 Å². The van der Waals surface area contributed by atoms with Gasteiger partial charge < -0.3 is 10.6 Å². The lowest BCUT2D eigenvalue weighted by Gasteiger charge is -2.18. The summed E-state index contributed by atoms with van der Waals surface area (Å²) in [5.74, 6) is -0.260. The molecule has 1 saturated carbocycles. The molecular weight excluding hydrogens is 332 g/mol. The highest BCUT2D eigenvalue weighted by Crippen LogP contribution is 2.20. The molecule has 0 aliphatic heterocycles. The molecule has 0 spiro atoms. The van der Waals surface area contributed by atoms with Gasteiger partial charge in [-0.25, -0.2) is 0 Å². The Balaban J connectivity index is 1.68. The van der Waals surface area contributed by atoms with Crippen molar-refractivity contribution in [3.05, 3.63) is 57.8 Å². The SMILES string of the molecule is CCCc1ccc(C(=O)NC(Cc2ccccc2)C(=O)NC2CC2)s1. The maximum Gasteiger partial charge on any atom is 0.262 e. The first-order valence-electron chi connectivity index (χ1n) is 8.89. The molecule has 1 unspecified atom stereocenters. The predicted molar refractivity (Wildman–Crippen MR) is 101 cm³/mol. The Morgan fingerprint density at radius 2 is 1.92 bits per heavy atom. The van der Waals surface area contributed by atoms with Gasteiger partial charge in [-0.3, -0.25) is 9.59 Å². The van der Waals surface area contributed by atoms with Crippen molar-refractivity contribution < 1.29 is 9.59 Å². The second-order valence-corrected chi connectivity index (χ2v) is 7.68. The van der Waals surface area contributed by atoms with Crippen LogP contribution >= 0.6 is 11.3 Å². The summed E-state index contributed by atoms with van der Waals surface area (Å²) in [5.41, 5.74) is 1.04. The normalized spacial score (nSPS) is 14.8. The molecule has 1 fully saturated rings. The first-order valence-corrected chi connectivity index (χ1v) is 9.71. The average Bonchev–Trinajstić information content (AvgIpc) is 3.30. The highest BCUT2D eigenvalue weighted by atomic mass is 32.1. The summed E-state index contributed by atoms with van der Waals surface area (Å²) < 4.78 is 0. The van der Waals surface area contributed by atoms with Gasteiger partial charge in [0.2, 0.25) is 5.91 Å². The molecule has 3 rings (SSSR count). The van der Waals surface area contributed by atoms with Crippen molar-refractivity contribution in [3.8, 4) is 0 Å². The number of hydrogen-bond donors (Lipinski definition) is 2. The van der Waals surface area contributed by atoms with E-state index in [4.69, 9.17) is 0 Å². The number of aryl methyl sites for hydroxylation is 1. The van der Waals surface area contributed by atoms with Gasteiger partial charge >= 0.3 is 0 Å². The quantitative estimate of drug-likeness (QED) is 0.762. The second kappa shape index (κ2) is 8.30. The van der Waals surface area contributed by atoms with Crippen molar-refractivity contribution >= 4 is 23.2 Å². The van der Waals surface area contributed by atoms with E-state index in [1.165, 1.54) is 16.2 Å². The van der Waals surface area contributed by atoms with Crippen molar-refractivity contribution in [2.24, 2.45) is 0 Å². The van der Waals surface area contributed by atoms with E-state index in [9.17, 15) is 9.59 Å². The number of hydrogen-bond acceptors (Lipinski definition) is 3. The van der Waals surface area contributed by atoms with Gasteiger partial charge in [0.1, 0.15) is 6.04 Å². The van der Waals surface area contributed by atoms with Gasteiger partial charge in [-0.05, 0) is 37.0 Å². The highest BCUT2D eigenvalue weighted by Gasteiger charge is 2.29. The first-order chi connectivity index (χ1) is 12.2. The van der Waals surface area contributed by atoms with Crippen LogP contribution in [0.15, 0.2) is 42.5 Å². The smallest absolute Gasteiger partial charge is 0.262 e. The summed E-state index contributed by atoms with van der Waals surface area (Å²) in [5, 5.41) is 5.94. The van der Waals surface area contributed by atoms with Crippen LogP contribution in [0.1, 0.15) is 46.3 Å². The molecule has 2 amide bonds. The van der Waals surface area contributed by atoms with Gasteiger partial charge in [-0.15, -0.1) is 11.3 Å². The van der Waals surface area contributed by atoms with Crippen LogP contribution in [0.5, 0.6) is 0 Å². The molecule has 2 aromatic rings. The Labute approximate surface area is 152 Å². The summed E-state index contributed by atoms with van der Waals surface area (Å²) in [6, 6.07) is 13.4. The van der Waals surface area contributed by atoms with E-state index in [2.05, 4.69) is 17.6 Å². The molecule has 1 heterocycles. The zero-order valence-electron chi connectivity index (χ0n) is 14.5. The maximum absolute atomic E-state index is 12.6. The lowest BCUT2D eigenvalue weighted by atomic mass is 10.1. The number of rotatable bonds is 8. The van der Waals surface area contributed by atoms with Crippen molar-refractivity contribution in [2.45, 2.75) is 51.1 Å². The van der Waals surface area contributed by atoms with Crippen LogP contribution in [0.4, 0.5) is 0 Å². The van der Waals surface area contributed by atoms with E-state index in [0.29, 0.717) is 11.3 Å². The molecule has 0 radical (unpaired) electrons. The highest BCUT2D eigenvalue weighted by molar-refractivity contribution is 7.14. The van der Waals surface area contributed by atoms with Crippen LogP contribution in [-0.2, 0) is 17.6 Å². The summed E-state index contributed by atoms with van der Waals surface area (Å²) in [7, 11) is 0. The minimum absolute atomic E-state index is 0.0926. The Morgan fingerprint density at radius 3 is 2.60 bits per heavy atom. The number of thiophene rings is 1. The van der Waals surface area contributed by atoms with Crippen LogP contribution in [0, 0.1) is 0 Å². The summed E-state index contributed by atoms with van der Waals surface area (Å²) >= 11 is 1.51. The van der Waals surface area contributed by atoms with E-state index < -0.39 is 6.04 Å². The molecule has 1 atom stereocenters. The van der Waals surface area contributed by atoms with Crippen molar-refractivity contribution in [3.63, 3.8) is 0 Å². The zero-order chi connectivity index (χ0) is 17.6. The van der Waals surface area contributed by atoms with Crippen LogP contribution in [0.2, 0.25) is 0 Å². The molecule has 4 nitrogen and oxygen atoms in total. The van der Waals surface area contributed by atoms with Gasteiger partial charge in [-0.1, -0.05) is 43.7 Å². The minimum atomic E-state index is -0.549. The standard InChI is InChI=1S/C20H24N2O2S/c1-2-6-16-11-12-18(25-16)20(24)22-17(19(23)21-15-9-10-15)13-14-7-4-3-5-8-14/h3-5,7-8,11-12,15,17H,2,6,9-10,13H2,1H3,(H,21,23)(H,22,24). The minimum Gasteiger partial charge on any atom is -0.352 e. The van der Waals surface area contributed by atoms with Gasteiger partial charge in [0.25, 0.3) is 5.91 Å². The van der Waals surface area contributed by atoms with E-state index in [1.807, 2.05) is 42.5 Å². The van der Waals surface area contributed by atoms with Crippen LogP contribution in [0.3, 0.4) is 0 Å². The zero-order valence-corrected chi connectivity index (χ0v) is 15.3. The summed E-state index contributed by atoms with van der Waals surface area (Å²) in [4.78, 5) is 27.0. The molecule has 1 aliphatic rings. The Bertz CT molecular complexity index is 722.